The molecule has 3 heterocycles. The maximum absolute atomic E-state index is 10.8. The zero-order valence-electron chi connectivity index (χ0n) is 8.57. The van der Waals surface area contributed by atoms with Crippen LogP contribution in [0, 0.1) is 0 Å². The summed E-state index contributed by atoms with van der Waals surface area (Å²) in [7, 11) is 0. The van der Waals surface area contributed by atoms with Gasteiger partial charge in [0, 0.05) is 6.20 Å². The van der Waals surface area contributed by atoms with E-state index >= 15 is 0 Å². The summed E-state index contributed by atoms with van der Waals surface area (Å²) >= 11 is 0. The van der Waals surface area contributed by atoms with E-state index in [1.54, 1.807) is 18.2 Å². The van der Waals surface area contributed by atoms with Crippen molar-refractivity contribution in [1.82, 2.24) is 14.6 Å². The zero-order valence-corrected chi connectivity index (χ0v) is 8.57. The van der Waals surface area contributed by atoms with Gasteiger partial charge in [-0.05, 0) is 24.3 Å². The highest BCUT2D eigenvalue weighted by atomic mass is 16.4. The Kier molecular flexibility index (Phi) is 1.94. The summed E-state index contributed by atoms with van der Waals surface area (Å²) in [5.74, 6) is -0.0231. The van der Waals surface area contributed by atoms with Gasteiger partial charge in [0.2, 0.25) is 5.82 Å². The topological polar surface area (TPSA) is 80.6 Å². The van der Waals surface area contributed by atoms with Crippen molar-refractivity contribution in [3.8, 4) is 11.6 Å². The Morgan fingerprint density at radius 2 is 2.24 bits per heavy atom. The summed E-state index contributed by atoms with van der Waals surface area (Å²) in [6, 6.07) is 6.57. The van der Waals surface area contributed by atoms with E-state index in [9.17, 15) is 4.79 Å². The molecule has 0 aliphatic carbocycles. The van der Waals surface area contributed by atoms with E-state index in [0.717, 1.165) is 0 Å². The summed E-state index contributed by atoms with van der Waals surface area (Å²) in [4.78, 5) is 15.0. The first-order chi connectivity index (χ1) is 8.24. The molecule has 0 bridgehead atoms. The Balaban J connectivity index is 2.16. The third-order valence-corrected chi connectivity index (χ3v) is 2.32. The number of nitrogens with zero attached hydrogens (tertiary/aromatic N) is 3. The van der Waals surface area contributed by atoms with Gasteiger partial charge in [-0.2, -0.15) is 0 Å². The molecule has 0 aliphatic rings. The molecule has 0 saturated heterocycles. The van der Waals surface area contributed by atoms with Gasteiger partial charge in [-0.15, -0.1) is 5.10 Å². The summed E-state index contributed by atoms with van der Waals surface area (Å²) < 4.78 is 6.59. The van der Waals surface area contributed by atoms with Crippen molar-refractivity contribution in [3.63, 3.8) is 0 Å². The third-order valence-electron chi connectivity index (χ3n) is 2.32. The zero-order chi connectivity index (χ0) is 11.8. The van der Waals surface area contributed by atoms with Crippen molar-refractivity contribution in [2.45, 2.75) is 0 Å². The van der Waals surface area contributed by atoms with E-state index in [1.807, 2.05) is 0 Å². The summed E-state index contributed by atoms with van der Waals surface area (Å²) in [6.45, 7) is 0. The van der Waals surface area contributed by atoms with Gasteiger partial charge >= 0.3 is 5.97 Å². The van der Waals surface area contributed by atoms with Crippen LogP contribution in [0.3, 0.4) is 0 Å². The van der Waals surface area contributed by atoms with Crippen LogP contribution in [0.25, 0.3) is 17.2 Å². The van der Waals surface area contributed by atoms with Crippen molar-refractivity contribution in [1.29, 1.82) is 0 Å². The van der Waals surface area contributed by atoms with Crippen LogP contribution < -0.4 is 0 Å². The second-order valence-electron chi connectivity index (χ2n) is 3.44. The van der Waals surface area contributed by atoms with Crippen LogP contribution in [-0.2, 0) is 0 Å². The quantitative estimate of drug-likeness (QED) is 0.723. The van der Waals surface area contributed by atoms with Crippen LogP contribution in [0.2, 0.25) is 0 Å². The molecule has 0 spiro atoms. The van der Waals surface area contributed by atoms with Crippen molar-refractivity contribution in [2.75, 3.05) is 0 Å². The fraction of sp³-hybridized carbons (Fsp3) is 0. The number of aromatic nitrogens is 3. The SMILES string of the molecule is O=C(O)c1ccc2nc(-c3ccco3)nn2c1. The van der Waals surface area contributed by atoms with E-state index in [-0.39, 0.29) is 5.56 Å². The molecule has 6 nitrogen and oxygen atoms in total. The van der Waals surface area contributed by atoms with Crippen molar-refractivity contribution < 1.29 is 14.3 Å². The molecule has 0 saturated carbocycles. The first-order valence-corrected chi connectivity index (χ1v) is 4.87. The lowest BCUT2D eigenvalue weighted by atomic mass is 10.3. The fourth-order valence-corrected chi connectivity index (χ4v) is 1.52. The predicted molar refractivity (Wildman–Crippen MR) is 57.6 cm³/mol. The summed E-state index contributed by atoms with van der Waals surface area (Å²) in [6.07, 6.45) is 2.95. The minimum atomic E-state index is -0.998. The Morgan fingerprint density at radius 3 is 2.94 bits per heavy atom. The predicted octanol–water partition coefficient (Wildman–Crippen LogP) is 1.69. The number of carbonyl (C=O) groups is 1. The highest BCUT2D eigenvalue weighted by Gasteiger charge is 2.10. The lowest BCUT2D eigenvalue weighted by Crippen LogP contribution is -1.99. The molecule has 3 rings (SSSR count). The van der Waals surface area contributed by atoms with E-state index in [1.165, 1.54) is 23.0 Å². The van der Waals surface area contributed by atoms with Crippen molar-refractivity contribution in [2.24, 2.45) is 0 Å². The minimum absolute atomic E-state index is 0.161. The first kappa shape index (κ1) is 9.59. The van der Waals surface area contributed by atoms with Gasteiger partial charge in [-0.3, -0.25) is 0 Å². The first-order valence-electron chi connectivity index (χ1n) is 4.87. The van der Waals surface area contributed by atoms with E-state index < -0.39 is 5.97 Å². The maximum atomic E-state index is 10.8. The van der Waals surface area contributed by atoms with E-state index in [2.05, 4.69) is 10.1 Å². The van der Waals surface area contributed by atoms with E-state index in [4.69, 9.17) is 9.52 Å². The van der Waals surface area contributed by atoms with Crippen LogP contribution in [0.1, 0.15) is 10.4 Å². The Hall–Kier alpha value is -2.63. The number of hydrogen-bond acceptors (Lipinski definition) is 4. The molecule has 1 N–H and O–H groups in total. The van der Waals surface area contributed by atoms with Crippen LogP contribution in [0.5, 0.6) is 0 Å². The molecular weight excluding hydrogens is 222 g/mol. The number of hydrogen-bond donors (Lipinski definition) is 1. The fourth-order valence-electron chi connectivity index (χ4n) is 1.52. The molecule has 3 aromatic heterocycles. The van der Waals surface area contributed by atoms with Crippen LogP contribution in [-0.4, -0.2) is 25.7 Å². The molecule has 0 aromatic carbocycles. The second kappa shape index (κ2) is 3.44. The second-order valence-corrected chi connectivity index (χ2v) is 3.44. The lowest BCUT2D eigenvalue weighted by Gasteiger charge is -1.93. The third kappa shape index (κ3) is 1.55. The Labute approximate surface area is 95.1 Å². The molecule has 6 heteroatoms. The highest BCUT2D eigenvalue weighted by Crippen LogP contribution is 2.16. The lowest BCUT2D eigenvalue weighted by molar-refractivity contribution is 0.0696. The summed E-state index contributed by atoms with van der Waals surface area (Å²) in [5, 5.41) is 13.0. The minimum Gasteiger partial charge on any atom is -0.478 e. The van der Waals surface area contributed by atoms with Gasteiger partial charge in [0.05, 0.1) is 11.8 Å². The van der Waals surface area contributed by atoms with Gasteiger partial charge in [0.1, 0.15) is 0 Å². The number of carboxylic acid groups (broad SMARTS) is 1. The van der Waals surface area contributed by atoms with Crippen LogP contribution >= 0.6 is 0 Å². The Bertz CT molecular complexity index is 685. The number of furan rings is 1. The number of aromatic carboxylic acids is 1. The molecule has 0 fully saturated rings. The highest BCUT2D eigenvalue weighted by molar-refractivity contribution is 5.87. The molecule has 0 radical (unpaired) electrons. The monoisotopic (exact) mass is 229 g/mol. The molecule has 0 unspecified atom stereocenters. The smallest absolute Gasteiger partial charge is 0.337 e. The van der Waals surface area contributed by atoms with Crippen molar-refractivity contribution >= 4 is 11.6 Å². The average Bonchev–Trinajstić information content (AvgIpc) is 2.96. The molecule has 0 atom stereocenters. The number of rotatable bonds is 2. The van der Waals surface area contributed by atoms with Gasteiger partial charge < -0.3 is 9.52 Å². The Morgan fingerprint density at radius 1 is 1.35 bits per heavy atom. The largest absolute Gasteiger partial charge is 0.478 e. The molecule has 0 amide bonds. The maximum Gasteiger partial charge on any atom is 0.337 e. The molecule has 17 heavy (non-hydrogen) atoms. The summed E-state index contributed by atoms with van der Waals surface area (Å²) in [5.41, 5.74) is 0.731. The van der Waals surface area contributed by atoms with E-state index in [0.29, 0.717) is 17.2 Å². The van der Waals surface area contributed by atoms with Gasteiger partial charge in [-0.25, -0.2) is 14.3 Å². The van der Waals surface area contributed by atoms with Crippen LogP contribution in [0.4, 0.5) is 0 Å². The van der Waals surface area contributed by atoms with Crippen molar-refractivity contribution in [3.05, 3.63) is 42.3 Å². The number of fused-ring (bicyclic) bond motifs is 1. The molecule has 84 valence electrons. The molecule has 3 aromatic rings. The normalized spacial score (nSPS) is 10.8. The van der Waals surface area contributed by atoms with Crippen LogP contribution in [0.15, 0.2) is 41.1 Å². The van der Waals surface area contributed by atoms with Gasteiger partial charge in [0.25, 0.3) is 0 Å². The standard InChI is InChI=1S/C11H7N3O3/c15-11(16)7-3-4-9-12-10(13-14(9)6-7)8-2-1-5-17-8/h1-6H,(H,15,16). The molecular formula is C11H7N3O3. The molecule has 0 aliphatic heterocycles. The van der Waals surface area contributed by atoms with Gasteiger partial charge in [-0.1, -0.05) is 0 Å². The van der Waals surface area contributed by atoms with Gasteiger partial charge in [0.15, 0.2) is 11.4 Å². The number of pyridine rings is 1. The number of carboxylic acids is 1. The average molecular weight is 229 g/mol.